The average Bonchev–Trinajstić information content (AvgIpc) is 3.04. The van der Waals surface area contributed by atoms with Crippen LogP contribution in [0.3, 0.4) is 0 Å². The van der Waals surface area contributed by atoms with E-state index in [9.17, 15) is 0 Å². The molecule has 1 aliphatic rings. The van der Waals surface area contributed by atoms with Gasteiger partial charge in [0.15, 0.2) is 11.5 Å². The molecule has 3 aromatic rings. The largest absolute Gasteiger partial charge is 0.480 e. The van der Waals surface area contributed by atoms with Gasteiger partial charge in [-0.15, -0.1) is 10.2 Å². The van der Waals surface area contributed by atoms with Crippen LogP contribution in [0, 0.1) is 0 Å². The summed E-state index contributed by atoms with van der Waals surface area (Å²) in [5, 5.41) is 12.0. The van der Waals surface area contributed by atoms with Crippen molar-refractivity contribution >= 4 is 34.2 Å². The van der Waals surface area contributed by atoms with Crippen molar-refractivity contribution in [3.63, 3.8) is 0 Å². The molecule has 0 radical (unpaired) electrons. The van der Waals surface area contributed by atoms with Crippen LogP contribution in [-0.2, 0) is 0 Å². The van der Waals surface area contributed by atoms with Gasteiger partial charge >= 0.3 is 0 Å². The van der Waals surface area contributed by atoms with Gasteiger partial charge in [0.25, 0.3) is 0 Å². The predicted octanol–water partition coefficient (Wildman–Crippen LogP) is 0.744. The number of hydrogen-bond acceptors (Lipinski definition) is 7. The monoisotopic (exact) mass is 319 g/mol. The third-order valence-electron chi connectivity index (χ3n) is 3.73. The van der Waals surface area contributed by atoms with Crippen molar-refractivity contribution in [1.82, 2.24) is 29.9 Å². The van der Waals surface area contributed by atoms with Gasteiger partial charge in [0.1, 0.15) is 11.3 Å². The summed E-state index contributed by atoms with van der Waals surface area (Å²) in [6.45, 7) is 3.56. The van der Waals surface area contributed by atoms with Gasteiger partial charge in [-0.1, -0.05) is 11.6 Å². The molecule has 1 N–H and O–H groups in total. The molecule has 0 unspecified atom stereocenters. The molecule has 1 fully saturated rings. The number of aromatic nitrogens is 5. The van der Waals surface area contributed by atoms with E-state index < -0.39 is 0 Å². The highest BCUT2D eigenvalue weighted by Crippen LogP contribution is 2.28. The van der Waals surface area contributed by atoms with Crippen molar-refractivity contribution in [3.8, 4) is 5.88 Å². The Kier molecular flexibility index (Phi) is 3.20. The van der Waals surface area contributed by atoms with Crippen molar-refractivity contribution in [2.75, 3.05) is 38.2 Å². The van der Waals surface area contributed by atoms with Crippen LogP contribution in [0.2, 0.25) is 5.02 Å². The van der Waals surface area contributed by atoms with Crippen molar-refractivity contribution < 1.29 is 4.74 Å². The molecule has 8 nitrogen and oxygen atoms in total. The zero-order valence-electron chi connectivity index (χ0n) is 12.0. The molecule has 0 spiro atoms. The summed E-state index contributed by atoms with van der Waals surface area (Å²) in [6, 6.07) is 1.77. The number of fused-ring (bicyclic) bond motifs is 3. The van der Waals surface area contributed by atoms with Crippen LogP contribution in [0.4, 0.5) is 5.82 Å². The molecule has 1 saturated heterocycles. The topological polar surface area (TPSA) is 80.5 Å². The first-order valence-electron chi connectivity index (χ1n) is 6.97. The van der Waals surface area contributed by atoms with Crippen molar-refractivity contribution in [2.24, 2.45) is 0 Å². The highest BCUT2D eigenvalue weighted by molar-refractivity contribution is 6.32. The number of nitrogens with one attached hydrogen (secondary N) is 1. The standard InChI is InChI=1S/C13H14ClN7O/c1-22-13-8(14)6-9-10(18-13)17-11(12-19-16-7-21(9)12)20-4-2-15-3-5-20/h6-7,15H,2-5H2,1H3. The summed E-state index contributed by atoms with van der Waals surface area (Å²) in [6.07, 6.45) is 1.65. The van der Waals surface area contributed by atoms with Gasteiger partial charge in [-0.25, -0.2) is 4.98 Å². The molecule has 22 heavy (non-hydrogen) atoms. The number of ether oxygens (including phenoxy) is 1. The second-order valence-electron chi connectivity index (χ2n) is 5.02. The van der Waals surface area contributed by atoms with E-state index >= 15 is 0 Å². The van der Waals surface area contributed by atoms with Gasteiger partial charge in [-0.05, 0) is 6.07 Å². The minimum Gasteiger partial charge on any atom is -0.480 e. The van der Waals surface area contributed by atoms with E-state index in [1.54, 1.807) is 12.4 Å². The lowest BCUT2D eigenvalue weighted by Crippen LogP contribution is -2.44. The number of rotatable bonds is 2. The number of piperazine rings is 1. The number of methoxy groups -OCH3 is 1. The molecule has 0 aliphatic carbocycles. The first kappa shape index (κ1) is 13.5. The van der Waals surface area contributed by atoms with E-state index in [4.69, 9.17) is 16.3 Å². The summed E-state index contributed by atoms with van der Waals surface area (Å²) in [5.74, 6) is 1.14. The Bertz CT molecular complexity index is 843. The quantitative estimate of drug-likeness (QED) is 0.746. The van der Waals surface area contributed by atoms with E-state index in [-0.39, 0.29) is 0 Å². The molecule has 0 aromatic carbocycles. The zero-order chi connectivity index (χ0) is 15.1. The number of pyridine rings is 1. The second kappa shape index (κ2) is 5.22. The minimum atomic E-state index is 0.361. The van der Waals surface area contributed by atoms with Gasteiger partial charge in [0.2, 0.25) is 11.5 Å². The van der Waals surface area contributed by atoms with Crippen LogP contribution >= 0.6 is 11.6 Å². The van der Waals surface area contributed by atoms with Crippen molar-refractivity contribution in [2.45, 2.75) is 0 Å². The lowest BCUT2D eigenvalue weighted by atomic mass is 10.3. The molecule has 0 saturated carbocycles. The van der Waals surface area contributed by atoms with E-state index in [1.165, 1.54) is 7.11 Å². The van der Waals surface area contributed by atoms with Crippen LogP contribution in [0.25, 0.3) is 16.8 Å². The molecule has 114 valence electrons. The number of nitrogens with zero attached hydrogens (tertiary/aromatic N) is 6. The summed E-state index contributed by atoms with van der Waals surface area (Å²) >= 11 is 6.17. The Morgan fingerprint density at radius 1 is 1.27 bits per heavy atom. The number of anilines is 1. The molecule has 0 amide bonds. The van der Waals surface area contributed by atoms with E-state index in [1.807, 2.05) is 4.40 Å². The average molecular weight is 320 g/mol. The summed E-state index contributed by atoms with van der Waals surface area (Å²) in [4.78, 5) is 11.3. The van der Waals surface area contributed by atoms with Crippen LogP contribution < -0.4 is 15.0 Å². The first-order valence-corrected chi connectivity index (χ1v) is 7.35. The molecule has 0 bridgehead atoms. The third kappa shape index (κ3) is 2.03. The Balaban J connectivity index is 1.98. The number of halogens is 1. The summed E-state index contributed by atoms with van der Waals surface area (Å²) < 4.78 is 7.04. The first-order chi connectivity index (χ1) is 10.8. The van der Waals surface area contributed by atoms with Gasteiger partial charge in [0.05, 0.1) is 12.6 Å². The molecular formula is C13H14ClN7O. The smallest absolute Gasteiger partial charge is 0.234 e. The van der Waals surface area contributed by atoms with Gasteiger partial charge in [-0.3, -0.25) is 4.40 Å². The number of hydrogen-bond donors (Lipinski definition) is 1. The van der Waals surface area contributed by atoms with Crippen molar-refractivity contribution in [1.29, 1.82) is 0 Å². The van der Waals surface area contributed by atoms with E-state index in [0.717, 1.165) is 37.5 Å². The second-order valence-corrected chi connectivity index (χ2v) is 5.43. The molecule has 9 heteroatoms. The zero-order valence-corrected chi connectivity index (χ0v) is 12.7. The highest BCUT2D eigenvalue weighted by Gasteiger charge is 2.20. The van der Waals surface area contributed by atoms with Gasteiger partial charge in [0, 0.05) is 26.2 Å². The fourth-order valence-electron chi connectivity index (χ4n) is 2.66. The Hall–Kier alpha value is -2.19. The Morgan fingerprint density at radius 3 is 2.86 bits per heavy atom. The summed E-state index contributed by atoms with van der Waals surface area (Å²) in [7, 11) is 1.54. The molecule has 4 rings (SSSR count). The Labute approximate surface area is 131 Å². The van der Waals surface area contributed by atoms with E-state index in [2.05, 4.69) is 30.4 Å². The van der Waals surface area contributed by atoms with Gasteiger partial charge < -0.3 is 15.0 Å². The molecule has 1 aliphatic heterocycles. The third-order valence-corrected chi connectivity index (χ3v) is 4.00. The maximum absolute atomic E-state index is 6.17. The Morgan fingerprint density at radius 2 is 2.09 bits per heavy atom. The normalized spacial score (nSPS) is 15.6. The molecular weight excluding hydrogens is 306 g/mol. The molecule has 4 heterocycles. The van der Waals surface area contributed by atoms with Crippen LogP contribution in [0.5, 0.6) is 5.88 Å². The fraction of sp³-hybridized carbons (Fsp3) is 0.385. The maximum atomic E-state index is 6.17. The fourth-order valence-corrected chi connectivity index (χ4v) is 2.88. The summed E-state index contributed by atoms with van der Waals surface area (Å²) in [5.41, 5.74) is 2.02. The van der Waals surface area contributed by atoms with Crippen LogP contribution in [0.15, 0.2) is 12.4 Å². The SMILES string of the molecule is COc1nc2nc(N3CCNCC3)c3nncn3c2cc1Cl. The molecule has 0 atom stereocenters. The highest BCUT2D eigenvalue weighted by atomic mass is 35.5. The lowest BCUT2D eigenvalue weighted by molar-refractivity contribution is 0.399. The van der Waals surface area contributed by atoms with Crippen LogP contribution in [0.1, 0.15) is 0 Å². The minimum absolute atomic E-state index is 0.361. The lowest BCUT2D eigenvalue weighted by Gasteiger charge is -2.28. The van der Waals surface area contributed by atoms with E-state index in [0.29, 0.717) is 22.2 Å². The maximum Gasteiger partial charge on any atom is 0.234 e. The van der Waals surface area contributed by atoms with Crippen LogP contribution in [-0.4, -0.2) is 57.9 Å². The van der Waals surface area contributed by atoms with Crippen molar-refractivity contribution in [3.05, 3.63) is 17.4 Å². The predicted molar refractivity (Wildman–Crippen MR) is 82.7 cm³/mol. The van der Waals surface area contributed by atoms with Gasteiger partial charge in [-0.2, -0.15) is 4.98 Å². The molecule has 3 aromatic heterocycles.